The average molecular weight is 337 g/mol. The van der Waals surface area contributed by atoms with Crippen LogP contribution in [-0.2, 0) is 22.9 Å². The summed E-state index contributed by atoms with van der Waals surface area (Å²) in [6.45, 7) is 0.942. The predicted molar refractivity (Wildman–Crippen MR) is 93.1 cm³/mol. The molecule has 0 amide bonds. The number of nitrogens with one attached hydrogen (secondary N) is 1. The molecule has 2 unspecified atom stereocenters. The van der Waals surface area contributed by atoms with E-state index in [9.17, 15) is 8.42 Å². The zero-order valence-electron chi connectivity index (χ0n) is 14.2. The number of fused-ring (bicyclic) bond motifs is 1. The largest absolute Gasteiger partial charge is 0.309 e. The Labute approximate surface area is 140 Å². The van der Waals surface area contributed by atoms with Gasteiger partial charge in [-0.1, -0.05) is 18.9 Å². The van der Waals surface area contributed by atoms with Gasteiger partial charge in [0.1, 0.15) is 0 Å². The summed E-state index contributed by atoms with van der Waals surface area (Å²) in [5, 5.41) is 0. The van der Waals surface area contributed by atoms with E-state index in [0.29, 0.717) is 10.8 Å². The Morgan fingerprint density at radius 1 is 1.09 bits per heavy atom. The van der Waals surface area contributed by atoms with E-state index >= 15 is 0 Å². The minimum absolute atomic E-state index is 0.0596. The van der Waals surface area contributed by atoms with Crippen molar-refractivity contribution in [3.05, 3.63) is 29.3 Å². The van der Waals surface area contributed by atoms with Gasteiger partial charge < -0.3 is 4.90 Å². The van der Waals surface area contributed by atoms with Crippen LogP contribution in [0.3, 0.4) is 0 Å². The number of sulfonamides is 1. The zero-order valence-corrected chi connectivity index (χ0v) is 15.0. The lowest BCUT2D eigenvalue weighted by Gasteiger charge is -2.33. The summed E-state index contributed by atoms with van der Waals surface area (Å²) in [6, 6.07) is 5.71. The fourth-order valence-corrected chi connectivity index (χ4v) is 5.42. The zero-order chi connectivity index (χ0) is 16.4. The van der Waals surface area contributed by atoms with E-state index in [2.05, 4.69) is 23.7 Å². The van der Waals surface area contributed by atoms with Crippen LogP contribution in [0.4, 0.5) is 0 Å². The van der Waals surface area contributed by atoms with Gasteiger partial charge in [0.15, 0.2) is 0 Å². The maximum absolute atomic E-state index is 12.8. The highest BCUT2D eigenvalue weighted by Crippen LogP contribution is 2.28. The third kappa shape index (κ3) is 3.95. The van der Waals surface area contributed by atoms with Gasteiger partial charge in [0.05, 0.1) is 4.90 Å². The third-order valence-electron chi connectivity index (χ3n) is 5.20. The molecule has 0 aromatic heterocycles. The normalized spacial score (nSPS) is 24.8. The molecule has 0 radical (unpaired) electrons. The molecule has 2 aliphatic rings. The van der Waals surface area contributed by atoms with Gasteiger partial charge in [-0.15, -0.1) is 0 Å². The summed E-state index contributed by atoms with van der Waals surface area (Å²) >= 11 is 0. The summed E-state index contributed by atoms with van der Waals surface area (Å²) < 4.78 is 28.6. The molecule has 128 valence electrons. The first kappa shape index (κ1) is 16.9. The number of nitrogens with zero attached hydrogens (tertiary/aromatic N) is 1. The first-order valence-corrected chi connectivity index (χ1v) is 10.2. The molecule has 0 bridgehead atoms. The van der Waals surface area contributed by atoms with Crippen molar-refractivity contribution in [2.45, 2.75) is 55.9 Å². The average Bonchev–Trinajstić information content (AvgIpc) is 2.96. The minimum Gasteiger partial charge on any atom is -0.309 e. The smallest absolute Gasteiger partial charge is 0.240 e. The van der Waals surface area contributed by atoms with Crippen LogP contribution >= 0.6 is 0 Å². The third-order valence-corrected chi connectivity index (χ3v) is 6.68. The SMILES string of the molecule is CN(C)CC1CCCCC1NS(=O)(=O)c1ccc2c(c1)CCC2. The maximum atomic E-state index is 12.8. The van der Waals surface area contributed by atoms with E-state index in [1.165, 1.54) is 17.5 Å². The molecular weight excluding hydrogens is 308 g/mol. The lowest BCUT2D eigenvalue weighted by Crippen LogP contribution is -2.45. The fourth-order valence-electron chi connectivity index (χ4n) is 4.03. The van der Waals surface area contributed by atoms with Crippen molar-refractivity contribution in [1.82, 2.24) is 9.62 Å². The van der Waals surface area contributed by atoms with Gasteiger partial charge in [0, 0.05) is 12.6 Å². The highest BCUT2D eigenvalue weighted by Gasteiger charge is 2.30. The van der Waals surface area contributed by atoms with E-state index in [1.54, 1.807) is 6.07 Å². The molecule has 2 atom stereocenters. The lowest BCUT2D eigenvalue weighted by molar-refractivity contribution is 0.224. The molecule has 1 aromatic carbocycles. The Morgan fingerprint density at radius 2 is 1.83 bits per heavy atom. The van der Waals surface area contributed by atoms with E-state index in [0.717, 1.165) is 45.1 Å². The van der Waals surface area contributed by atoms with Gasteiger partial charge in [-0.05, 0) is 75.4 Å². The van der Waals surface area contributed by atoms with Gasteiger partial charge in [0.2, 0.25) is 10.0 Å². The molecule has 3 rings (SSSR count). The van der Waals surface area contributed by atoms with Gasteiger partial charge in [-0.3, -0.25) is 0 Å². The molecule has 0 aliphatic heterocycles. The number of benzene rings is 1. The van der Waals surface area contributed by atoms with Gasteiger partial charge in [0.25, 0.3) is 0 Å². The molecule has 2 aliphatic carbocycles. The summed E-state index contributed by atoms with van der Waals surface area (Å²) in [7, 11) is 0.694. The maximum Gasteiger partial charge on any atom is 0.240 e. The van der Waals surface area contributed by atoms with E-state index in [4.69, 9.17) is 0 Å². The first-order valence-electron chi connectivity index (χ1n) is 8.74. The van der Waals surface area contributed by atoms with Crippen LogP contribution in [0.5, 0.6) is 0 Å². The molecule has 0 heterocycles. The topological polar surface area (TPSA) is 49.4 Å². The van der Waals surface area contributed by atoms with Crippen LogP contribution in [0.1, 0.15) is 43.2 Å². The second kappa shape index (κ2) is 6.91. The van der Waals surface area contributed by atoms with Crippen LogP contribution in [0.25, 0.3) is 0 Å². The Morgan fingerprint density at radius 3 is 2.61 bits per heavy atom. The summed E-state index contributed by atoms with van der Waals surface area (Å²) in [6.07, 6.45) is 7.59. The van der Waals surface area contributed by atoms with Crippen LogP contribution < -0.4 is 4.72 Å². The fraction of sp³-hybridized carbons (Fsp3) is 0.667. The van der Waals surface area contributed by atoms with Crippen molar-refractivity contribution in [1.29, 1.82) is 0 Å². The Balaban J connectivity index is 1.76. The highest BCUT2D eigenvalue weighted by molar-refractivity contribution is 7.89. The molecular formula is C18H28N2O2S. The summed E-state index contributed by atoms with van der Waals surface area (Å²) in [4.78, 5) is 2.60. The molecule has 1 saturated carbocycles. The van der Waals surface area contributed by atoms with Crippen molar-refractivity contribution < 1.29 is 8.42 Å². The van der Waals surface area contributed by atoms with Crippen LogP contribution in [0.2, 0.25) is 0 Å². The Bertz CT molecular complexity index is 655. The molecule has 0 saturated heterocycles. The molecule has 1 N–H and O–H groups in total. The second-order valence-electron chi connectivity index (χ2n) is 7.32. The standard InChI is InChI=1S/C18H28N2O2S/c1-20(2)13-16-6-3-4-9-18(16)19-23(21,22)17-11-10-14-7-5-8-15(14)12-17/h10-12,16,18-19H,3-9,13H2,1-2H3. The van der Waals surface area contributed by atoms with Crippen LogP contribution in [0, 0.1) is 5.92 Å². The monoisotopic (exact) mass is 336 g/mol. The summed E-state index contributed by atoms with van der Waals surface area (Å²) in [5.74, 6) is 0.406. The van der Waals surface area contributed by atoms with Gasteiger partial charge in [-0.25, -0.2) is 13.1 Å². The van der Waals surface area contributed by atoms with E-state index in [1.807, 2.05) is 12.1 Å². The van der Waals surface area contributed by atoms with Crippen molar-refractivity contribution in [2.75, 3.05) is 20.6 Å². The van der Waals surface area contributed by atoms with E-state index in [-0.39, 0.29) is 6.04 Å². The predicted octanol–water partition coefficient (Wildman–Crippen LogP) is 2.57. The molecule has 1 aromatic rings. The lowest BCUT2D eigenvalue weighted by atomic mass is 9.85. The Hall–Kier alpha value is -0.910. The molecule has 23 heavy (non-hydrogen) atoms. The van der Waals surface area contributed by atoms with Crippen LogP contribution in [-0.4, -0.2) is 40.0 Å². The Kier molecular flexibility index (Phi) is 5.09. The summed E-state index contributed by atoms with van der Waals surface area (Å²) in [5.41, 5.74) is 2.52. The second-order valence-corrected chi connectivity index (χ2v) is 9.03. The number of aryl methyl sites for hydroxylation is 2. The van der Waals surface area contributed by atoms with Crippen molar-refractivity contribution in [3.63, 3.8) is 0 Å². The van der Waals surface area contributed by atoms with E-state index < -0.39 is 10.0 Å². The molecule has 1 fully saturated rings. The van der Waals surface area contributed by atoms with Crippen molar-refractivity contribution in [2.24, 2.45) is 5.92 Å². The molecule has 0 spiro atoms. The number of hydrogen-bond donors (Lipinski definition) is 1. The van der Waals surface area contributed by atoms with Gasteiger partial charge in [-0.2, -0.15) is 0 Å². The van der Waals surface area contributed by atoms with Crippen molar-refractivity contribution >= 4 is 10.0 Å². The minimum atomic E-state index is -3.42. The van der Waals surface area contributed by atoms with Crippen molar-refractivity contribution in [3.8, 4) is 0 Å². The molecule has 4 nitrogen and oxygen atoms in total. The number of rotatable bonds is 5. The number of hydrogen-bond acceptors (Lipinski definition) is 3. The first-order chi connectivity index (χ1) is 11.0. The highest BCUT2D eigenvalue weighted by atomic mass is 32.2. The van der Waals surface area contributed by atoms with Gasteiger partial charge >= 0.3 is 0 Å². The molecule has 5 heteroatoms. The van der Waals surface area contributed by atoms with Crippen LogP contribution in [0.15, 0.2) is 23.1 Å². The quantitative estimate of drug-likeness (QED) is 0.899.